The average molecular weight is 305 g/mol. The predicted octanol–water partition coefficient (Wildman–Crippen LogP) is 1.40. The van der Waals surface area contributed by atoms with Gasteiger partial charge in [-0.25, -0.2) is 13.1 Å². The first-order valence-electron chi connectivity index (χ1n) is 6.19. The molecule has 2 aromatic rings. The van der Waals surface area contributed by atoms with Gasteiger partial charge in [-0.15, -0.1) is 0 Å². The lowest BCUT2D eigenvalue weighted by Crippen LogP contribution is -2.13. The lowest BCUT2D eigenvalue weighted by molar-refractivity contribution is 0.430. The van der Waals surface area contributed by atoms with E-state index < -0.39 is 10.0 Å². The molecule has 0 fully saturated rings. The van der Waals surface area contributed by atoms with E-state index in [4.69, 9.17) is 10.3 Å². The number of nitrogens with two attached hydrogens (primary N) is 1. The van der Waals surface area contributed by atoms with Gasteiger partial charge >= 0.3 is 0 Å². The molecule has 0 saturated heterocycles. The van der Waals surface area contributed by atoms with Crippen LogP contribution in [0.5, 0.6) is 0 Å². The molecule has 21 heavy (non-hydrogen) atoms. The summed E-state index contributed by atoms with van der Waals surface area (Å²) < 4.78 is 32.0. The van der Waals surface area contributed by atoms with Crippen LogP contribution in [0.25, 0.3) is 0 Å². The second-order valence-corrected chi connectivity index (χ2v) is 6.04. The Labute approximate surface area is 123 Å². The Kier molecular flexibility index (Phi) is 4.31. The summed E-state index contributed by atoms with van der Waals surface area (Å²) in [6.45, 7) is 3.68. The van der Waals surface area contributed by atoms with Gasteiger partial charge in [-0.1, -0.05) is 23.1 Å². The van der Waals surface area contributed by atoms with Crippen molar-refractivity contribution in [2.24, 2.45) is 5.73 Å². The molecule has 1 heterocycles. The molecule has 7 heteroatoms. The molecule has 0 aliphatic carbocycles. The van der Waals surface area contributed by atoms with Crippen molar-refractivity contribution in [3.8, 4) is 11.8 Å². The number of nitrogens with zero attached hydrogens (tertiary/aromatic N) is 1. The predicted molar refractivity (Wildman–Crippen MR) is 79.2 cm³/mol. The van der Waals surface area contributed by atoms with Gasteiger partial charge in [-0.3, -0.25) is 0 Å². The Hall–Kier alpha value is -2.30. The monoisotopic (exact) mass is 305 g/mol. The molecule has 0 aliphatic rings. The van der Waals surface area contributed by atoms with E-state index in [2.05, 4.69) is 21.7 Å². The van der Waals surface area contributed by atoms with Gasteiger partial charge in [0.1, 0.15) is 0 Å². The van der Waals surface area contributed by atoms with Crippen LogP contribution in [0.1, 0.15) is 16.8 Å². The number of aryl methyl sites for hydroxylation is 1. The molecule has 6 nitrogen and oxygen atoms in total. The molecule has 0 radical (unpaired) electrons. The lowest BCUT2D eigenvalue weighted by atomic mass is 10.2. The first kappa shape index (κ1) is 15.1. The van der Waals surface area contributed by atoms with E-state index in [1.54, 1.807) is 26.0 Å². The molecule has 0 atom stereocenters. The van der Waals surface area contributed by atoms with Gasteiger partial charge in [0.25, 0.3) is 10.0 Å². The van der Waals surface area contributed by atoms with Gasteiger partial charge in [0, 0.05) is 11.1 Å². The number of aromatic nitrogens is 1. The van der Waals surface area contributed by atoms with Gasteiger partial charge in [0.05, 0.1) is 17.1 Å². The molecule has 1 aromatic heterocycles. The Balaban J connectivity index is 2.33. The van der Waals surface area contributed by atoms with E-state index in [1.165, 1.54) is 12.1 Å². The molecule has 0 saturated carbocycles. The molecule has 0 amide bonds. The quantitative estimate of drug-likeness (QED) is 0.835. The van der Waals surface area contributed by atoms with Gasteiger partial charge in [-0.05, 0) is 32.0 Å². The largest absolute Gasteiger partial charge is 0.337 e. The van der Waals surface area contributed by atoms with Crippen molar-refractivity contribution in [2.45, 2.75) is 18.7 Å². The minimum Gasteiger partial charge on any atom is -0.337 e. The third-order valence-electron chi connectivity index (χ3n) is 2.86. The van der Waals surface area contributed by atoms with Crippen molar-refractivity contribution in [1.82, 2.24) is 5.16 Å². The third kappa shape index (κ3) is 3.42. The molecule has 1 aromatic carbocycles. The van der Waals surface area contributed by atoms with Crippen molar-refractivity contribution in [3.63, 3.8) is 0 Å². The zero-order valence-corrected chi connectivity index (χ0v) is 12.5. The Bertz CT molecular complexity index is 813. The van der Waals surface area contributed by atoms with E-state index >= 15 is 0 Å². The summed E-state index contributed by atoms with van der Waals surface area (Å²) in [5.74, 6) is 5.59. The summed E-state index contributed by atoms with van der Waals surface area (Å²) in [5, 5.41) is 3.71. The van der Waals surface area contributed by atoms with E-state index in [1.807, 2.05) is 0 Å². The number of sulfonamides is 1. The number of nitrogens with one attached hydrogen (secondary N) is 1. The average Bonchev–Trinajstić information content (AvgIpc) is 2.77. The van der Waals surface area contributed by atoms with Crippen LogP contribution in [0, 0.1) is 25.7 Å². The summed E-state index contributed by atoms with van der Waals surface area (Å²) in [6.07, 6.45) is 0. The number of hydrogen-bond acceptors (Lipinski definition) is 5. The first-order valence-corrected chi connectivity index (χ1v) is 7.67. The minimum absolute atomic E-state index is 0.0970. The van der Waals surface area contributed by atoms with Crippen molar-refractivity contribution in [1.29, 1.82) is 0 Å². The van der Waals surface area contributed by atoms with Gasteiger partial charge in [-0.2, -0.15) is 0 Å². The van der Waals surface area contributed by atoms with Crippen LogP contribution in [0.4, 0.5) is 5.88 Å². The number of rotatable bonds is 3. The Morgan fingerprint density at radius 1 is 1.38 bits per heavy atom. The topological polar surface area (TPSA) is 98.2 Å². The Morgan fingerprint density at radius 2 is 2.14 bits per heavy atom. The highest BCUT2D eigenvalue weighted by Gasteiger charge is 2.19. The van der Waals surface area contributed by atoms with Crippen LogP contribution in [-0.2, 0) is 10.0 Å². The molecule has 0 spiro atoms. The molecule has 0 bridgehead atoms. The van der Waals surface area contributed by atoms with Crippen LogP contribution in [0.15, 0.2) is 33.7 Å². The molecule has 0 aliphatic heterocycles. The van der Waals surface area contributed by atoms with Crippen molar-refractivity contribution < 1.29 is 12.9 Å². The van der Waals surface area contributed by atoms with Crippen LogP contribution >= 0.6 is 0 Å². The molecular formula is C14H15N3O3S. The smallest absolute Gasteiger partial charge is 0.264 e. The number of anilines is 1. The number of hydrogen-bond donors (Lipinski definition) is 2. The third-order valence-corrected chi connectivity index (χ3v) is 4.19. The fourth-order valence-electron chi connectivity index (χ4n) is 1.59. The lowest BCUT2D eigenvalue weighted by Gasteiger charge is -2.06. The van der Waals surface area contributed by atoms with Crippen molar-refractivity contribution >= 4 is 15.9 Å². The zero-order valence-electron chi connectivity index (χ0n) is 11.7. The summed E-state index contributed by atoms with van der Waals surface area (Å²) in [7, 11) is -3.75. The van der Waals surface area contributed by atoms with E-state index in [-0.39, 0.29) is 17.3 Å². The first-order chi connectivity index (χ1) is 9.94. The maximum absolute atomic E-state index is 12.3. The fourth-order valence-corrected chi connectivity index (χ4v) is 2.68. The summed E-state index contributed by atoms with van der Waals surface area (Å²) in [6, 6.07) is 6.29. The molecule has 110 valence electrons. The van der Waals surface area contributed by atoms with Gasteiger partial charge < -0.3 is 10.3 Å². The summed E-state index contributed by atoms with van der Waals surface area (Å²) in [5.41, 5.74) is 7.16. The van der Waals surface area contributed by atoms with E-state index in [0.717, 1.165) is 0 Å². The van der Waals surface area contributed by atoms with Gasteiger partial charge in [0.2, 0.25) is 5.88 Å². The van der Waals surface area contributed by atoms with Gasteiger partial charge in [0.15, 0.2) is 0 Å². The normalized spacial score (nSPS) is 10.8. The Morgan fingerprint density at radius 3 is 2.76 bits per heavy atom. The highest BCUT2D eigenvalue weighted by atomic mass is 32.2. The molecule has 3 N–H and O–H groups in total. The standard InChI is InChI=1S/C14H15N3O3S/c1-10-11(2)16-20-14(10)17-21(18,19)13-7-3-5-12(9-13)6-4-8-15/h3,5,7,9,17H,8,15H2,1-2H3. The highest BCUT2D eigenvalue weighted by Crippen LogP contribution is 2.22. The second kappa shape index (κ2) is 5.99. The molecule has 0 unspecified atom stereocenters. The van der Waals surface area contributed by atoms with Crippen LogP contribution in [0.3, 0.4) is 0 Å². The van der Waals surface area contributed by atoms with Crippen LogP contribution < -0.4 is 10.5 Å². The van der Waals surface area contributed by atoms with Crippen molar-refractivity contribution in [2.75, 3.05) is 11.3 Å². The maximum Gasteiger partial charge on any atom is 0.264 e. The SMILES string of the molecule is Cc1noc(NS(=O)(=O)c2cccc(C#CCN)c2)c1C. The van der Waals surface area contributed by atoms with Crippen molar-refractivity contribution in [3.05, 3.63) is 41.1 Å². The van der Waals surface area contributed by atoms with E-state index in [0.29, 0.717) is 16.8 Å². The second-order valence-electron chi connectivity index (χ2n) is 4.36. The summed E-state index contributed by atoms with van der Waals surface area (Å²) >= 11 is 0. The zero-order chi connectivity index (χ0) is 15.5. The summed E-state index contributed by atoms with van der Waals surface area (Å²) in [4.78, 5) is 0.0970. The molecule has 2 rings (SSSR count). The fraction of sp³-hybridized carbons (Fsp3) is 0.214. The van der Waals surface area contributed by atoms with Crippen LogP contribution in [0.2, 0.25) is 0 Å². The van der Waals surface area contributed by atoms with E-state index in [9.17, 15) is 8.42 Å². The van der Waals surface area contributed by atoms with Crippen LogP contribution in [-0.4, -0.2) is 20.1 Å². The minimum atomic E-state index is -3.75. The molecular weight excluding hydrogens is 290 g/mol. The highest BCUT2D eigenvalue weighted by molar-refractivity contribution is 7.92. The maximum atomic E-state index is 12.3. The number of benzene rings is 1.